The Balaban J connectivity index is 2.14. The van der Waals surface area contributed by atoms with Crippen LogP contribution in [-0.4, -0.2) is 25.2 Å². The smallest absolute Gasteiger partial charge is 0.162 e. The van der Waals surface area contributed by atoms with Crippen LogP contribution in [0.2, 0.25) is 0 Å². The van der Waals surface area contributed by atoms with Crippen LogP contribution in [0.1, 0.15) is 23.0 Å². The average Bonchev–Trinajstić information content (AvgIpc) is 2.75. The standard InChI is InChI=1S/C8H8N4OS/c1-6(13)7-2-9-12(3-7)4-8-5-14-11-10-8/h2-3,5H,4H2,1H3. The van der Waals surface area contributed by atoms with E-state index in [0.717, 1.165) is 5.69 Å². The van der Waals surface area contributed by atoms with Crippen LogP contribution >= 0.6 is 11.5 Å². The molecule has 0 fully saturated rings. The molecule has 2 aromatic heterocycles. The van der Waals surface area contributed by atoms with E-state index in [1.54, 1.807) is 17.1 Å². The van der Waals surface area contributed by atoms with Crippen molar-refractivity contribution in [2.75, 3.05) is 0 Å². The largest absolute Gasteiger partial charge is 0.294 e. The summed E-state index contributed by atoms with van der Waals surface area (Å²) in [7, 11) is 0. The lowest BCUT2D eigenvalue weighted by molar-refractivity contribution is 0.101. The minimum Gasteiger partial charge on any atom is -0.294 e. The molecule has 0 bridgehead atoms. The number of nitrogens with zero attached hydrogens (tertiary/aromatic N) is 4. The molecule has 0 unspecified atom stereocenters. The highest BCUT2D eigenvalue weighted by Gasteiger charge is 2.04. The first-order valence-corrected chi connectivity index (χ1v) is 4.88. The van der Waals surface area contributed by atoms with Crippen molar-refractivity contribution in [3.05, 3.63) is 29.0 Å². The van der Waals surface area contributed by atoms with E-state index < -0.39 is 0 Å². The van der Waals surface area contributed by atoms with E-state index in [1.165, 1.54) is 18.5 Å². The lowest BCUT2D eigenvalue weighted by Gasteiger charge is -1.94. The van der Waals surface area contributed by atoms with Gasteiger partial charge in [-0.05, 0) is 18.5 Å². The molecule has 0 spiro atoms. The van der Waals surface area contributed by atoms with Crippen molar-refractivity contribution in [1.29, 1.82) is 0 Å². The molecule has 0 atom stereocenters. The molecular formula is C8H8N4OS. The van der Waals surface area contributed by atoms with E-state index in [2.05, 4.69) is 14.7 Å². The molecule has 6 heteroatoms. The van der Waals surface area contributed by atoms with Gasteiger partial charge in [-0.2, -0.15) is 5.10 Å². The van der Waals surface area contributed by atoms with Crippen LogP contribution in [-0.2, 0) is 6.54 Å². The number of hydrogen-bond acceptors (Lipinski definition) is 5. The second-order valence-electron chi connectivity index (χ2n) is 2.88. The van der Waals surface area contributed by atoms with Crippen molar-refractivity contribution in [2.24, 2.45) is 0 Å². The van der Waals surface area contributed by atoms with Crippen LogP contribution in [0, 0.1) is 0 Å². The maximum Gasteiger partial charge on any atom is 0.162 e. The van der Waals surface area contributed by atoms with Gasteiger partial charge in [-0.25, -0.2) is 0 Å². The highest BCUT2D eigenvalue weighted by molar-refractivity contribution is 7.03. The van der Waals surface area contributed by atoms with Crippen LogP contribution in [0.5, 0.6) is 0 Å². The maximum absolute atomic E-state index is 11.0. The molecule has 72 valence electrons. The van der Waals surface area contributed by atoms with E-state index in [0.29, 0.717) is 12.1 Å². The summed E-state index contributed by atoms with van der Waals surface area (Å²) in [5.41, 5.74) is 1.47. The SMILES string of the molecule is CC(=O)c1cnn(Cc2csnn2)c1. The van der Waals surface area contributed by atoms with E-state index >= 15 is 0 Å². The number of ketones is 1. The molecule has 0 aliphatic rings. The van der Waals surface area contributed by atoms with Crippen molar-refractivity contribution in [3.63, 3.8) is 0 Å². The first kappa shape index (κ1) is 9.01. The molecule has 14 heavy (non-hydrogen) atoms. The lowest BCUT2D eigenvalue weighted by atomic mass is 10.3. The summed E-state index contributed by atoms with van der Waals surface area (Å²) < 4.78 is 5.42. The third-order valence-corrected chi connectivity index (χ3v) is 2.32. The molecule has 0 aromatic carbocycles. The summed E-state index contributed by atoms with van der Waals surface area (Å²) in [6, 6.07) is 0. The van der Waals surface area contributed by atoms with E-state index in [4.69, 9.17) is 0 Å². The highest BCUT2D eigenvalue weighted by Crippen LogP contribution is 2.03. The normalized spacial score (nSPS) is 10.4. The zero-order chi connectivity index (χ0) is 9.97. The summed E-state index contributed by atoms with van der Waals surface area (Å²) in [4.78, 5) is 11.0. The number of hydrogen-bond donors (Lipinski definition) is 0. The van der Waals surface area contributed by atoms with E-state index in [1.807, 2.05) is 5.38 Å². The zero-order valence-corrected chi connectivity index (χ0v) is 8.36. The van der Waals surface area contributed by atoms with Gasteiger partial charge >= 0.3 is 0 Å². The van der Waals surface area contributed by atoms with Crippen LogP contribution < -0.4 is 0 Å². The zero-order valence-electron chi connectivity index (χ0n) is 7.54. The van der Waals surface area contributed by atoms with E-state index in [9.17, 15) is 4.79 Å². The van der Waals surface area contributed by atoms with Gasteiger partial charge in [0.15, 0.2) is 5.78 Å². The summed E-state index contributed by atoms with van der Waals surface area (Å²) >= 11 is 1.30. The Labute approximate surface area is 84.5 Å². The fraction of sp³-hybridized carbons (Fsp3) is 0.250. The molecule has 0 aliphatic heterocycles. The van der Waals surface area contributed by atoms with Gasteiger partial charge in [0, 0.05) is 11.6 Å². The van der Waals surface area contributed by atoms with Gasteiger partial charge in [0.1, 0.15) is 0 Å². The van der Waals surface area contributed by atoms with Gasteiger partial charge in [-0.3, -0.25) is 9.48 Å². The fourth-order valence-corrected chi connectivity index (χ4v) is 1.49. The quantitative estimate of drug-likeness (QED) is 0.705. The van der Waals surface area contributed by atoms with Crippen LogP contribution in [0.3, 0.4) is 0 Å². The fourth-order valence-electron chi connectivity index (χ4n) is 1.05. The Hall–Kier alpha value is -1.56. The number of carbonyl (C=O) groups excluding carboxylic acids is 1. The Kier molecular flexibility index (Phi) is 2.36. The Morgan fingerprint density at radius 3 is 3.07 bits per heavy atom. The van der Waals surface area contributed by atoms with Gasteiger partial charge < -0.3 is 0 Å². The Bertz CT molecular complexity index is 434. The number of rotatable bonds is 3. The lowest BCUT2D eigenvalue weighted by Crippen LogP contribution is -2.00. The molecule has 2 aromatic rings. The minimum atomic E-state index is 0.0210. The van der Waals surface area contributed by atoms with Crippen molar-refractivity contribution in [1.82, 2.24) is 19.4 Å². The molecule has 0 aliphatic carbocycles. The van der Waals surface area contributed by atoms with Gasteiger partial charge in [-0.15, -0.1) is 5.10 Å². The first-order chi connectivity index (χ1) is 6.75. The molecule has 0 saturated heterocycles. The van der Waals surface area contributed by atoms with E-state index in [-0.39, 0.29) is 5.78 Å². The van der Waals surface area contributed by atoms with Gasteiger partial charge in [0.05, 0.1) is 24.0 Å². The van der Waals surface area contributed by atoms with Crippen LogP contribution in [0.15, 0.2) is 17.8 Å². The predicted octanol–water partition coefficient (Wildman–Crippen LogP) is 0.986. The molecular weight excluding hydrogens is 200 g/mol. The van der Waals surface area contributed by atoms with Gasteiger partial charge in [0.25, 0.3) is 0 Å². The third kappa shape index (κ3) is 1.85. The monoisotopic (exact) mass is 208 g/mol. The topological polar surface area (TPSA) is 60.7 Å². The molecule has 0 saturated carbocycles. The summed E-state index contributed by atoms with van der Waals surface area (Å²) in [5.74, 6) is 0.0210. The first-order valence-electron chi connectivity index (χ1n) is 4.05. The molecule has 0 amide bonds. The number of Topliss-reactive ketones (excluding diaryl/α,β-unsaturated/α-hetero) is 1. The Morgan fingerprint density at radius 2 is 2.50 bits per heavy atom. The Morgan fingerprint density at radius 1 is 1.64 bits per heavy atom. The summed E-state index contributed by atoms with van der Waals surface area (Å²) in [6.07, 6.45) is 3.27. The maximum atomic E-state index is 11.0. The van der Waals surface area contributed by atoms with Crippen molar-refractivity contribution in [3.8, 4) is 0 Å². The molecule has 0 N–H and O–H groups in total. The van der Waals surface area contributed by atoms with Gasteiger partial charge in [0.2, 0.25) is 0 Å². The second kappa shape index (κ2) is 3.67. The molecule has 2 heterocycles. The van der Waals surface area contributed by atoms with Crippen molar-refractivity contribution in [2.45, 2.75) is 13.5 Å². The summed E-state index contributed by atoms with van der Waals surface area (Å²) in [6.45, 7) is 2.08. The highest BCUT2D eigenvalue weighted by atomic mass is 32.1. The molecule has 5 nitrogen and oxygen atoms in total. The van der Waals surface area contributed by atoms with Crippen LogP contribution in [0.4, 0.5) is 0 Å². The third-order valence-electron chi connectivity index (χ3n) is 1.77. The predicted molar refractivity (Wildman–Crippen MR) is 51.2 cm³/mol. The molecule has 0 radical (unpaired) electrons. The van der Waals surface area contributed by atoms with Crippen LogP contribution in [0.25, 0.3) is 0 Å². The second-order valence-corrected chi connectivity index (χ2v) is 3.49. The summed E-state index contributed by atoms with van der Waals surface area (Å²) in [5, 5.41) is 9.79. The number of aromatic nitrogens is 4. The molecule has 2 rings (SSSR count). The van der Waals surface area contributed by atoms with Gasteiger partial charge in [-0.1, -0.05) is 4.49 Å². The average molecular weight is 208 g/mol. The van der Waals surface area contributed by atoms with Crippen molar-refractivity contribution < 1.29 is 4.79 Å². The van der Waals surface area contributed by atoms with Crippen molar-refractivity contribution >= 4 is 17.3 Å². The number of carbonyl (C=O) groups is 1. The minimum absolute atomic E-state index is 0.0210.